The molecule has 2 rings (SSSR count). The summed E-state index contributed by atoms with van der Waals surface area (Å²) in [5.41, 5.74) is 0.554. The Bertz CT molecular complexity index is 337. The Balaban J connectivity index is 1.81. The molecule has 0 aromatic carbocycles. The van der Waals surface area contributed by atoms with Crippen molar-refractivity contribution in [3.8, 4) is 0 Å². The fourth-order valence-electron chi connectivity index (χ4n) is 2.32. The van der Waals surface area contributed by atoms with E-state index in [4.69, 9.17) is 5.11 Å². The number of aromatic nitrogens is 2. The molecule has 1 aromatic rings. The highest BCUT2D eigenvalue weighted by Gasteiger charge is 2.26. The van der Waals surface area contributed by atoms with Gasteiger partial charge in [0, 0.05) is 19.3 Å². The van der Waals surface area contributed by atoms with E-state index >= 15 is 0 Å². The summed E-state index contributed by atoms with van der Waals surface area (Å²) in [4.78, 5) is 11.6. The summed E-state index contributed by atoms with van der Waals surface area (Å²) in [5, 5.41) is 18.4. The largest absolute Gasteiger partial charge is 0.396 e. The van der Waals surface area contributed by atoms with Crippen LogP contribution in [-0.4, -0.2) is 34.4 Å². The number of H-pyrrole nitrogens is 1. The van der Waals surface area contributed by atoms with E-state index < -0.39 is 0 Å². The third kappa shape index (κ3) is 2.41. The number of hydrogen-bond acceptors (Lipinski definition) is 3. The molecule has 0 bridgehead atoms. The molecule has 5 heteroatoms. The summed E-state index contributed by atoms with van der Waals surface area (Å²) in [7, 11) is 0. The van der Waals surface area contributed by atoms with Crippen LogP contribution >= 0.6 is 0 Å². The van der Waals surface area contributed by atoms with Crippen LogP contribution in [0.25, 0.3) is 0 Å². The van der Waals surface area contributed by atoms with Gasteiger partial charge in [0.1, 0.15) is 0 Å². The first-order chi connectivity index (χ1) is 7.81. The number of nitrogens with zero attached hydrogens (tertiary/aromatic N) is 1. The van der Waals surface area contributed by atoms with Gasteiger partial charge in [0.25, 0.3) is 5.91 Å². The number of aliphatic hydroxyl groups excluding tert-OH is 1. The number of aromatic amines is 1. The molecule has 5 nitrogen and oxygen atoms in total. The molecule has 0 spiro atoms. The van der Waals surface area contributed by atoms with Crippen LogP contribution in [0.2, 0.25) is 0 Å². The zero-order valence-electron chi connectivity index (χ0n) is 9.15. The smallest absolute Gasteiger partial charge is 0.254 e. The lowest BCUT2D eigenvalue weighted by molar-refractivity contribution is 0.0938. The van der Waals surface area contributed by atoms with Gasteiger partial charge in [-0.3, -0.25) is 9.89 Å². The minimum Gasteiger partial charge on any atom is -0.396 e. The summed E-state index contributed by atoms with van der Waals surface area (Å²) in [6.45, 7) is 0.876. The van der Waals surface area contributed by atoms with Gasteiger partial charge in [0.2, 0.25) is 0 Å². The number of carbonyl (C=O) groups excluding carboxylic acids is 1. The zero-order chi connectivity index (χ0) is 11.4. The molecule has 1 amide bonds. The van der Waals surface area contributed by atoms with Crippen molar-refractivity contribution in [3.63, 3.8) is 0 Å². The molecule has 0 saturated heterocycles. The summed E-state index contributed by atoms with van der Waals surface area (Å²) >= 11 is 0. The topological polar surface area (TPSA) is 78.0 Å². The van der Waals surface area contributed by atoms with Crippen LogP contribution in [0.4, 0.5) is 0 Å². The van der Waals surface area contributed by atoms with Crippen molar-refractivity contribution < 1.29 is 9.90 Å². The maximum atomic E-state index is 11.6. The lowest BCUT2D eigenvalue weighted by atomic mass is 9.97. The van der Waals surface area contributed by atoms with E-state index in [1.165, 1.54) is 6.20 Å². The summed E-state index contributed by atoms with van der Waals surface area (Å²) < 4.78 is 0. The van der Waals surface area contributed by atoms with E-state index in [1.807, 2.05) is 0 Å². The van der Waals surface area contributed by atoms with E-state index in [2.05, 4.69) is 15.5 Å². The van der Waals surface area contributed by atoms with Crippen molar-refractivity contribution in [1.82, 2.24) is 15.5 Å². The standard InChI is InChI=1S/C11H17N3O2/c15-7-9-3-1-2-8(9)4-12-11(16)10-5-13-14-6-10/h5-6,8-9,15H,1-4,7H2,(H,12,16)(H,13,14). The van der Waals surface area contributed by atoms with Gasteiger partial charge in [-0.15, -0.1) is 0 Å². The van der Waals surface area contributed by atoms with Crippen molar-refractivity contribution in [2.75, 3.05) is 13.2 Å². The van der Waals surface area contributed by atoms with Gasteiger partial charge in [-0.05, 0) is 24.7 Å². The summed E-state index contributed by atoms with van der Waals surface area (Å²) in [5.74, 6) is 0.669. The zero-order valence-corrected chi connectivity index (χ0v) is 9.15. The normalized spacial score (nSPS) is 24.6. The number of amides is 1. The van der Waals surface area contributed by atoms with Gasteiger partial charge in [-0.25, -0.2) is 0 Å². The van der Waals surface area contributed by atoms with Crippen molar-refractivity contribution in [2.24, 2.45) is 11.8 Å². The predicted molar refractivity (Wildman–Crippen MR) is 58.8 cm³/mol. The Morgan fingerprint density at radius 3 is 3.06 bits per heavy atom. The molecule has 1 aliphatic rings. The number of rotatable bonds is 4. The highest BCUT2D eigenvalue weighted by molar-refractivity contribution is 5.93. The molecule has 1 fully saturated rings. The monoisotopic (exact) mass is 223 g/mol. The van der Waals surface area contributed by atoms with E-state index in [0.29, 0.717) is 23.9 Å². The summed E-state index contributed by atoms with van der Waals surface area (Å²) in [6.07, 6.45) is 6.40. The average Bonchev–Trinajstić information content (AvgIpc) is 2.96. The van der Waals surface area contributed by atoms with Gasteiger partial charge in [0.15, 0.2) is 0 Å². The van der Waals surface area contributed by atoms with Gasteiger partial charge < -0.3 is 10.4 Å². The Morgan fingerprint density at radius 1 is 1.56 bits per heavy atom. The van der Waals surface area contributed by atoms with Crippen molar-refractivity contribution in [3.05, 3.63) is 18.0 Å². The van der Waals surface area contributed by atoms with Crippen molar-refractivity contribution in [2.45, 2.75) is 19.3 Å². The van der Waals surface area contributed by atoms with E-state index in [0.717, 1.165) is 19.3 Å². The fourth-order valence-corrected chi connectivity index (χ4v) is 2.32. The first kappa shape index (κ1) is 11.1. The Kier molecular flexibility index (Phi) is 3.56. The molecule has 1 saturated carbocycles. The first-order valence-corrected chi connectivity index (χ1v) is 5.69. The molecule has 2 atom stereocenters. The number of aliphatic hydroxyl groups is 1. The number of nitrogens with one attached hydrogen (secondary N) is 2. The molecule has 88 valence electrons. The molecule has 0 radical (unpaired) electrons. The van der Waals surface area contributed by atoms with Crippen LogP contribution in [-0.2, 0) is 0 Å². The van der Waals surface area contributed by atoms with Crippen LogP contribution < -0.4 is 5.32 Å². The second-order valence-electron chi connectivity index (χ2n) is 4.33. The van der Waals surface area contributed by atoms with E-state index in [9.17, 15) is 4.79 Å². The van der Waals surface area contributed by atoms with E-state index in [-0.39, 0.29) is 12.5 Å². The lowest BCUT2D eigenvalue weighted by Crippen LogP contribution is -2.31. The maximum absolute atomic E-state index is 11.6. The maximum Gasteiger partial charge on any atom is 0.254 e. The van der Waals surface area contributed by atoms with Crippen LogP contribution in [0.5, 0.6) is 0 Å². The molecule has 1 heterocycles. The van der Waals surface area contributed by atoms with Gasteiger partial charge in [-0.1, -0.05) is 6.42 Å². The van der Waals surface area contributed by atoms with Crippen LogP contribution in [0, 0.1) is 11.8 Å². The first-order valence-electron chi connectivity index (χ1n) is 5.69. The highest BCUT2D eigenvalue weighted by Crippen LogP contribution is 2.30. The molecule has 1 aromatic heterocycles. The fraction of sp³-hybridized carbons (Fsp3) is 0.636. The molecular formula is C11H17N3O2. The highest BCUT2D eigenvalue weighted by atomic mass is 16.3. The Labute approximate surface area is 94.2 Å². The summed E-state index contributed by atoms with van der Waals surface area (Å²) in [6, 6.07) is 0. The van der Waals surface area contributed by atoms with Gasteiger partial charge >= 0.3 is 0 Å². The molecule has 1 aliphatic carbocycles. The van der Waals surface area contributed by atoms with Crippen molar-refractivity contribution in [1.29, 1.82) is 0 Å². The molecule has 3 N–H and O–H groups in total. The predicted octanol–water partition coefficient (Wildman–Crippen LogP) is 0.548. The van der Waals surface area contributed by atoms with Crippen molar-refractivity contribution >= 4 is 5.91 Å². The quantitative estimate of drug-likeness (QED) is 0.697. The van der Waals surface area contributed by atoms with Gasteiger partial charge in [-0.2, -0.15) is 5.10 Å². The minimum atomic E-state index is -0.0997. The number of carbonyl (C=O) groups is 1. The van der Waals surface area contributed by atoms with Crippen LogP contribution in [0.15, 0.2) is 12.4 Å². The molecule has 2 unspecified atom stereocenters. The molecule has 16 heavy (non-hydrogen) atoms. The number of hydrogen-bond donors (Lipinski definition) is 3. The van der Waals surface area contributed by atoms with Crippen LogP contribution in [0.1, 0.15) is 29.6 Å². The Hall–Kier alpha value is -1.36. The minimum absolute atomic E-state index is 0.0997. The van der Waals surface area contributed by atoms with Gasteiger partial charge in [0.05, 0.1) is 11.8 Å². The van der Waals surface area contributed by atoms with E-state index in [1.54, 1.807) is 6.20 Å². The Morgan fingerprint density at radius 2 is 2.38 bits per heavy atom. The SMILES string of the molecule is O=C(NCC1CCCC1CO)c1cn[nH]c1. The second kappa shape index (κ2) is 5.12. The lowest BCUT2D eigenvalue weighted by Gasteiger charge is -2.17. The molecule has 0 aliphatic heterocycles. The third-order valence-electron chi connectivity index (χ3n) is 3.34. The van der Waals surface area contributed by atoms with Crippen LogP contribution in [0.3, 0.4) is 0 Å². The average molecular weight is 223 g/mol. The third-order valence-corrected chi connectivity index (χ3v) is 3.34. The second-order valence-corrected chi connectivity index (χ2v) is 4.33. The molecular weight excluding hydrogens is 206 g/mol.